The van der Waals surface area contributed by atoms with Gasteiger partial charge in [0.1, 0.15) is 12.9 Å². The molecule has 0 bridgehead atoms. The molecule has 0 radical (unpaired) electrons. The highest BCUT2D eigenvalue weighted by Crippen LogP contribution is 2.06. The van der Waals surface area contributed by atoms with Crippen molar-refractivity contribution in [3.05, 3.63) is 54.6 Å². The summed E-state index contributed by atoms with van der Waals surface area (Å²) in [6.07, 6.45) is 3.50. The van der Waals surface area contributed by atoms with Crippen LogP contribution in [-0.2, 0) is 16.1 Å². The molecule has 2 aromatic rings. The van der Waals surface area contributed by atoms with Gasteiger partial charge < -0.3 is 9.84 Å². The van der Waals surface area contributed by atoms with E-state index in [1.165, 1.54) is 30.3 Å². The van der Waals surface area contributed by atoms with Gasteiger partial charge in [0.05, 0.1) is 0 Å². The second kappa shape index (κ2) is 6.56. The Morgan fingerprint density at radius 2 is 2.10 bits per heavy atom. The largest absolute Gasteiger partial charge is 0.480 e. The lowest BCUT2D eigenvalue weighted by molar-refractivity contribution is -0.138. The Balaban J connectivity index is 2.10. The standard InChI is InChI=1S/C14H15N3O4/c1-11(13(18)19)17(16-8-7-15-10-16)14(20)21-9-12-5-3-2-4-6-12/h2-8,10-11H,9H2,1H3,(H,18,19). The molecule has 1 heterocycles. The number of hydrogen-bond donors (Lipinski definition) is 1. The van der Waals surface area contributed by atoms with Gasteiger partial charge in [0.25, 0.3) is 0 Å². The first-order chi connectivity index (χ1) is 10.1. The van der Waals surface area contributed by atoms with Crippen molar-refractivity contribution < 1.29 is 19.4 Å². The normalized spacial score (nSPS) is 11.7. The number of aliphatic carboxylic acids is 1. The summed E-state index contributed by atoms with van der Waals surface area (Å²) in [5.74, 6) is -1.14. The number of amides is 1. The van der Waals surface area contributed by atoms with Crippen LogP contribution in [0.5, 0.6) is 0 Å². The summed E-state index contributed by atoms with van der Waals surface area (Å²) < 4.78 is 6.44. The second-order valence-corrected chi connectivity index (χ2v) is 4.34. The molecule has 110 valence electrons. The van der Waals surface area contributed by atoms with Crippen LogP contribution >= 0.6 is 0 Å². The Labute approximate surface area is 121 Å². The van der Waals surface area contributed by atoms with Crippen LogP contribution in [-0.4, -0.2) is 32.9 Å². The van der Waals surface area contributed by atoms with Crippen molar-refractivity contribution in [2.45, 2.75) is 19.6 Å². The highest BCUT2D eigenvalue weighted by molar-refractivity contribution is 5.87. The van der Waals surface area contributed by atoms with Crippen LogP contribution in [0.2, 0.25) is 0 Å². The zero-order chi connectivity index (χ0) is 15.2. The van der Waals surface area contributed by atoms with E-state index in [1.807, 2.05) is 30.3 Å². The van der Waals surface area contributed by atoms with Crippen LogP contribution in [0.1, 0.15) is 12.5 Å². The summed E-state index contributed by atoms with van der Waals surface area (Å²) in [5, 5.41) is 10.1. The fourth-order valence-corrected chi connectivity index (χ4v) is 1.72. The second-order valence-electron chi connectivity index (χ2n) is 4.34. The van der Waals surface area contributed by atoms with E-state index < -0.39 is 18.1 Å². The van der Waals surface area contributed by atoms with E-state index in [0.29, 0.717) is 0 Å². The lowest BCUT2D eigenvalue weighted by atomic mass is 10.2. The molecular weight excluding hydrogens is 274 g/mol. The van der Waals surface area contributed by atoms with Gasteiger partial charge in [0.2, 0.25) is 0 Å². The zero-order valence-electron chi connectivity index (χ0n) is 11.4. The quantitative estimate of drug-likeness (QED) is 0.904. The first kappa shape index (κ1) is 14.6. The number of nitrogens with zero attached hydrogens (tertiary/aromatic N) is 3. The van der Waals surface area contributed by atoms with Crippen LogP contribution in [0.3, 0.4) is 0 Å². The van der Waals surface area contributed by atoms with Gasteiger partial charge in [-0.15, -0.1) is 0 Å². The van der Waals surface area contributed by atoms with Crippen molar-refractivity contribution >= 4 is 12.1 Å². The number of rotatable bonds is 5. The van der Waals surface area contributed by atoms with E-state index in [4.69, 9.17) is 9.84 Å². The van der Waals surface area contributed by atoms with Gasteiger partial charge >= 0.3 is 12.1 Å². The summed E-state index contributed by atoms with van der Waals surface area (Å²) in [6.45, 7) is 1.46. The monoisotopic (exact) mass is 289 g/mol. The van der Waals surface area contributed by atoms with Crippen LogP contribution in [0.4, 0.5) is 4.79 Å². The smallest absolute Gasteiger partial charge is 0.430 e. The Hall–Kier alpha value is -2.83. The number of carboxylic acids is 1. The molecule has 0 aliphatic heterocycles. The Bertz CT molecular complexity index is 598. The third kappa shape index (κ3) is 3.59. The number of carbonyl (C=O) groups excluding carboxylic acids is 1. The van der Waals surface area contributed by atoms with Crippen molar-refractivity contribution in [2.75, 3.05) is 5.01 Å². The minimum absolute atomic E-state index is 0.0667. The third-order valence-electron chi connectivity index (χ3n) is 2.86. The number of aromatic nitrogens is 2. The molecule has 7 nitrogen and oxygen atoms in total. The molecule has 0 saturated carbocycles. The lowest BCUT2D eigenvalue weighted by Crippen LogP contribution is -2.50. The van der Waals surface area contributed by atoms with Crippen molar-refractivity contribution in [1.82, 2.24) is 9.66 Å². The van der Waals surface area contributed by atoms with E-state index >= 15 is 0 Å². The molecular formula is C14H15N3O4. The molecule has 0 fully saturated rings. The van der Waals surface area contributed by atoms with E-state index in [9.17, 15) is 9.59 Å². The maximum absolute atomic E-state index is 12.2. The van der Waals surface area contributed by atoms with E-state index in [-0.39, 0.29) is 6.61 Å². The number of carbonyl (C=O) groups is 2. The third-order valence-corrected chi connectivity index (χ3v) is 2.86. The molecule has 0 aliphatic rings. The van der Waals surface area contributed by atoms with E-state index in [2.05, 4.69) is 4.98 Å². The maximum atomic E-state index is 12.2. The fourth-order valence-electron chi connectivity index (χ4n) is 1.72. The molecule has 1 unspecified atom stereocenters. The average molecular weight is 289 g/mol. The van der Waals surface area contributed by atoms with Crippen molar-refractivity contribution in [2.24, 2.45) is 0 Å². The molecule has 1 atom stereocenters. The lowest BCUT2D eigenvalue weighted by Gasteiger charge is -2.25. The molecule has 2 rings (SSSR count). The van der Waals surface area contributed by atoms with Crippen LogP contribution < -0.4 is 5.01 Å². The summed E-state index contributed by atoms with van der Waals surface area (Å²) in [6, 6.07) is 8.07. The molecule has 7 heteroatoms. The Morgan fingerprint density at radius 3 is 2.67 bits per heavy atom. The molecule has 0 aliphatic carbocycles. The number of carboxylic acid groups (broad SMARTS) is 1. The first-order valence-corrected chi connectivity index (χ1v) is 6.30. The average Bonchev–Trinajstić information content (AvgIpc) is 3.00. The highest BCUT2D eigenvalue weighted by atomic mass is 16.6. The van der Waals surface area contributed by atoms with E-state index in [0.717, 1.165) is 10.6 Å². The van der Waals surface area contributed by atoms with Gasteiger partial charge in [-0.25, -0.2) is 19.2 Å². The SMILES string of the molecule is CC(C(=O)O)N(C(=O)OCc1ccccc1)n1ccnc1. The fraction of sp³-hybridized carbons (Fsp3) is 0.214. The van der Waals surface area contributed by atoms with Crippen molar-refractivity contribution in [3.8, 4) is 0 Å². The van der Waals surface area contributed by atoms with Gasteiger partial charge in [-0.1, -0.05) is 30.3 Å². The van der Waals surface area contributed by atoms with E-state index in [1.54, 1.807) is 0 Å². The molecule has 21 heavy (non-hydrogen) atoms. The summed E-state index contributed by atoms with van der Waals surface area (Å²) in [7, 11) is 0. The molecule has 1 N–H and O–H groups in total. The van der Waals surface area contributed by atoms with Crippen LogP contribution in [0.15, 0.2) is 49.1 Å². The van der Waals surface area contributed by atoms with Crippen molar-refractivity contribution in [3.63, 3.8) is 0 Å². The van der Waals surface area contributed by atoms with Gasteiger partial charge in [-0.05, 0) is 12.5 Å². The van der Waals surface area contributed by atoms with Crippen LogP contribution in [0.25, 0.3) is 0 Å². The summed E-state index contributed by atoms with van der Waals surface area (Å²) in [4.78, 5) is 27.1. The zero-order valence-corrected chi connectivity index (χ0v) is 11.4. The number of imidazole rings is 1. The topological polar surface area (TPSA) is 84.7 Å². The first-order valence-electron chi connectivity index (χ1n) is 6.30. The minimum atomic E-state index is -1.14. The predicted octanol–water partition coefficient (Wildman–Crippen LogP) is 1.63. The summed E-state index contributed by atoms with van der Waals surface area (Å²) in [5.41, 5.74) is 0.819. The van der Waals surface area contributed by atoms with Gasteiger partial charge in [-0.3, -0.25) is 0 Å². The van der Waals surface area contributed by atoms with Crippen molar-refractivity contribution in [1.29, 1.82) is 0 Å². The van der Waals surface area contributed by atoms with Gasteiger partial charge in [-0.2, -0.15) is 5.01 Å². The summed E-state index contributed by atoms with van der Waals surface area (Å²) >= 11 is 0. The Morgan fingerprint density at radius 1 is 1.38 bits per heavy atom. The molecule has 1 aromatic heterocycles. The highest BCUT2D eigenvalue weighted by Gasteiger charge is 2.28. The number of hydrogen-bond acceptors (Lipinski definition) is 4. The van der Waals surface area contributed by atoms with Crippen LogP contribution in [0, 0.1) is 0 Å². The minimum Gasteiger partial charge on any atom is -0.480 e. The molecule has 1 aromatic carbocycles. The molecule has 0 spiro atoms. The van der Waals surface area contributed by atoms with Gasteiger partial charge in [0, 0.05) is 12.4 Å². The number of benzene rings is 1. The molecule has 0 saturated heterocycles. The Kier molecular flexibility index (Phi) is 4.55. The van der Waals surface area contributed by atoms with Gasteiger partial charge in [0.15, 0.2) is 6.04 Å². The number of ether oxygens (including phenoxy) is 1. The molecule has 1 amide bonds. The predicted molar refractivity (Wildman–Crippen MR) is 74.2 cm³/mol. The maximum Gasteiger partial charge on any atom is 0.430 e.